The molecule has 98 valence electrons. The third-order valence-corrected chi connectivity index (χ3v) is 2.96. The third kappa shape index (κ3) is 2.88. The monoisotopic (exact) mass is 275 g/mol. The zero-order valence-corrected chi connectivity index (χ0v) is 11.4. The number of azo groups is 1. The van der Waals surface area contributed by atoms with Gasteiger partial charge in [0, 0.05) is 0 Å². The molecule has 2 rings (SSSR count). The number of carbonyl (C=O) groups excluding carboxylic acids is 1. The van der Waals surface area contributed by atoms with Gasteiger partial charge in [-0.1, -0.05) is 17.7 Å². The van der Waals surface area contributed by atoms with Crippen LogP contribution >= 0.6 is 12.2 Å². The summed E-state index contributed by atoms with van der Waals surface area (Å²) in [4.78, 5) is 15.9. The summed E-state index contributed by atoms with van der Waals surface area (Å²) in [6.07, 6.45) is 0. The van der Waals surface area contributed by atoms with Crippen LogP contribution in [0.15, 0.2) is 39.5 Å². The Morgan fingerprint density at radius 2 is 1.95 bits per heavy atom. The number of benzene rings is 1. The lowest BCUT2D eigenvalue weighted by molar-refractivity contribution is -0.127. The van der Waals surface area contributed by atoms with Crippen LogP contribution in [0.1, 0.15) is 12.5 Å². The minimum absolute atomic E-state index is 0.0456. The van der Waals surface area contributed by atoms with Gasteiger partial charge in [-0.05, 0) is 38.2 Å². The van der Waals surface area contributed by atoms with Crippen molar-refractivity contribution in [2.45, 2.75) is 19.9 Å². The highest BCUT2D eigenvalue weighted by Gasteiger charge is 2.32. The molecule has 1 amide bonds. The topological polar surface area (TPSA) is 83.4 Å². The van der Waals surface area contributed by atoms with Gasteiger partial charge in [-0.25, -0.2) is 15.8 Å². The first-order chi connectivity index (χ1) is 8.99. The van der Waals surface area contributed by atoms with Crippen molar-refractivity contribution in [1.82, 2.24) is 5.01 Å². The summed E-state index contributed by atoms with van der Waals surface area (Å²) < 4.78 is 0. The fourth-order valence-corrected chi connectivity index (χ4v) is 1.77. The lowest BCUT2D eigenvalue weighted by Crippen LogP contribution is -2.51. The highest BCUT2D eigenvalue weighted by Crippen LogP contribution is 2.16. The normalized spacial score (nSPS) is 20.1. The number of hydrazine groups is 1. The van der Waals surface area contributed by atoms with Crippen molar-refractivity contribution < 1.29 is 4.79 Å². The fraction of sp³-hybridized carbons (Fsp3) is 0.250. The Bertz CT molecular complexity index is 578. The molecule has 1 heterocycles. The largest absolute Gasteiger partial charge is 0.275 e. The molecule has 0 aromatic heterocycles. The number of hydrogen-bond donors (Lipinski definition) is 1. The number of nitrogens with zero attached hydrogens (tertiary/aromatic N) is 4. The summed E-state index contributed by atoms with van der Waals surface area (Å²) in [6.45, 7) is 3.66. The van der Waals surface area contributed by atoms with Crippen molar-refractivity contribution in [3.8, 4) is 0 Å². The highest BCUT2D eigenvalue weighted by atomic mass is 32.1. The molecule has 0 radical (unpaired) electrons. The predicted molar refractivity (Wildman–Crippen MR) is 76.2 cm³/mol. The molecule has 7 heteroatoms. The molecule has 1 aromatic rings. The van der Waals surface area contributed by atoms with Crippen LogP contribution in [-0.4, -0.2) is 27.8 Å². The number of rotatable bonds is 2. The van der Waals surface area contributed by atoms with Gasteiger partial charge >= 0.3 is 0 Å². The van der Waals surface area contributed by atoms with Crippen LogP contribution in [0.5, 0.6) is 0 Å². The molecular weight excluding hydrogens is 262 g/mol. The van der Waals surface area contributed by atoms with Crippen molar-refractivity contribution >= 4 is 34.6 Å². The van der Waals surface area contributed by atoms with Gasteiger partial charge in [-0.3, -0.25) is 4.79 Å². The number of amides is 1. The first kappa shape index (κ1) is 13.4. The van der Waals surface area contributed by atoms with Crippen LogP contribution in [0.2, 0.25) is 0 Å². The fourth-order valence-electron chi connectivity index (χ4n) is 1.54. The first-order valence-corrected chi connectivity index (χ1v) is 6.05. The van der Waals surface area contributed by atoms with E-state index in [4.69, 9.17) is 18.1 Å². The van der Waals surface area contributed by atoms with E-state index in [1.807, 2.05) is 31.2 Å². The quantitative estimate of drug-likeness (QED) is 0.387. The molecule has 6 nitrogen and oxygen atoms in total. The number of hydrogen-bond acceptors (Lipinski definition) is 5. The van der Waals surface area contributed by atoms with Gasteiger partial charge in [0.1, 0.15) is 0 Å². The summed E-state index contributed by atoms with van der Waals surface area (Å²) in [5.41, 5.74) is 2.29. The van der Waals surface area contributed by atoms with Crippen molar-refractivity contribution in [2.24, 2.45) is 21.1 Å². The van der Waals surface area contributed by atoms with Crippen LogP contribution < -0.4 is 5.84 Å². The van der Waals surface area contributed by atoms with Crippen molar-refractivity contribution in [3.63, 3.8) is 0 Å². The van der Waals surface area contributed by atoms with E-state index in [9.17, 15) is 4.79 Å². The zero-order chi connectivity index (χ0) is 14.0. The molecule has 1 unspecified atom stereocenters. The molecule has 1 aliphatic heterocycles. The number of aryl methyl sites for hydroxylation is 1. The van der Waals surface area contributed by atoms with Gasteiger partial charge in [0.2, 0.25) is 5.11 Å². The van der Waals surface area contributed by atoms with E-state index in [0.717, 1.165) is 10.6 Å². The Morgan fingerprint density at radius 3 is 2.58 bits per heavy atom. The Hall–Kier alpha value is -1.99. The molecule has 0 bridgehead atoms. The summed E-state index contributed by atoms with van der Waals surface area (Å²) >= 11 is 4.85. The van der Waals surface area contributed by atoms with Gasteiger partial charge in [-0.15, -0.1) is 0 Å². The van der Waals surface area contributed by atoms with E-state index in [-0.39, 0.29) is 5.11 Å². The standard InChI is InChI=1S/C12H13N5OS/c1-7-3-5-9(6-4-7)15-16-10-8(2)14-12(19)17(13)11(10)18/h3-6,10H,13H2,1-2H3. The summed E-state index contributed by atoms with van der Waals surface area (Å²) in [5, 5.41) is 8.89. The summed E-state index contributed by atoms with van der Waals surface area (Å²) in [6, 6.07) is 6.68. The SMILES string of the molecule is CC1=NC(=S)N(N)C(=O)C1N=Nc1ccc(C)cc1. The van der Waals surface area contributed by atoms with Gasteiger partial charge < -0.3 is 0 Å². The average molecular weight is 275 g/mol. The Balaban J connectivity index is 2.22. The Morgan fingerprint density at radius 1 is 1.32 bits per heavy atom. The number of nitrogens with two attached hydrogens (primary N) is 1. The summed E-state index contributed by atoms with van der Waals surface area (Å²) in [7, 11) is 0. The second kappa shape index (κ2) is 5.33. The lowest BCUT2D eigenvalue weighted by Gasteiger charge is -2.23. The van der Waals surface area contributed by atoms with E-state index < -0.39 is 11.9 Å². The molecule has 2 N–H and O–H groups in total. The number of carbonyl (C=O) groups is 1. The lowest BCUT2D eigenvalue weighted by atomic mass is 10.1. The molecule has 0 saturated heterocycles. The van der Waals surface area contributed by atoms with Crippen LogP contribution in [0.4, 0.5) is 5.69 Å². The molecule has 0 saturated carbocycles. The molecule has 0 fully saturated rings. The second-order valence-corrected chi connectivity index (χ2v) is 4.56. The molecular formula is C12H13N5OS. The van der Waals surface area contributed by atoms with Crippen LogP contribution in [0.3, 0.4) is 0 Å². The predicted octanol–water partition coefficient (Wildman–Crippen LogP) is 1.91. The van der Waals surface area contributed by atoms with Crippen LogP contribution in [0.25, 0.3) is 0 Å². The van der Waals surface area contributed by atoms with Gasteiger partial charge in [0.25, 0.3) is 5.91 Å². The molecule has 1 aliphatic rings. The Labute approximate surface area is 116 Å². The maximum atomic E-state index is 11.9. The minimum atomic E-state index is -0.807. The van der Waals surface area contributed by atoms with E-state index in [2.05, 4.69) is 15.2 Å². The van der Waals surface area contributed by atoms with Crippen molar-refractivity contribution in [1.29, 1.82) is 0 Å². The van der Waals surface area contributed by atoms with Crippen molar-refractivity contribution in [3.05, 3.63) is 29.8 Å². The molecule has 0 spiro atoms. The van der Waals surface area contributed by atoms with Gasteiger partial charge in [0.05, 0.1) is 11.4 Å². The van der Waals surface area contributed by atoms with Gasteiger partial charge in [-0.2, -0.15) is 10.2 Å². The molecule has 1 atom stereocenters. The smallest absolute Gasteiger partial charge is 0.270 e. The average Bonchev–Trinajstić information content (AvgIpc) is 2.38. The molecule has 1 aromatic carbocycles. The maximum absolute atomic E-state index is 11.9. The van der Waals surface area contributed by atoms with Crippen LogP contribution in [0, 0.1) is 6.92 Å². The second-order valence-electron chi connectivity index (χ2n) is 4.20. The van der Waals surface area contributed by atoms with E-state index in [1.165, 1.54) is 0 Å². The number of aliphatic imine (C=N–C) groups is 1. The van der Waals surface area contributed by atoms with Crippen molar-refractivity contribution in [2.75, 3.05) is 0 Å². The zero-order valence-electron chi connectivity index (χ0n) is 10.6. The van der Waals surface area contributed by atoms with E-state index >= 15 is 0 Å². The minimum Gasteiger partial charge on any atom is -0.270 e. The maximum Gasteiger partial charge on any atom is 0.275 e. The highest BCUT2D eigenvalue weighted by molar-refractivity contribution is 7.80. The third-order valence-electron chi connectivity index (χ3n) is 2.67. The van der Waals surface area contributed by atoms with Crippen LogP contribution in [-0.2, 0) is 4.79 Å². The number of thiocarbonyl (C=S) groups is 1. The molecule has 19 heavy (non-hydrogen) atoms. The van der Waals surface area contributed by atoms with E-state index in [0.29, 0.717) is 11.4 Å². The summed E-state index contributed by atoms with van der Waals surface area (Å²) in [5.74, 6) is 5.07. The molecule has 0 aliphatic carbocycles. The Kier molecular flexibility index (Phi) is 3.77. The van der Waals surface area contributed by atoms with E-state index in [1.54, 1.807) is 6.92 Å². The van der Waals surface area contributed by atoms with Gasteiger partial charge in [0.15, 0.2) is 6.04 Å². The first-order valence-electron chi connectivity index (χ1n) is 5.64.